The number of hydrogen-bond acceptors (Lipinski definition) is 4. The van der Waals surface area contributed by atoms with Gasteiger partial charge in [-0.1, -0.05) is 18.2 Å². The van der Waals surface area contributed by atoms with E-state index in [-0.39, 0.29) is 0 Å². The van der Waals surface area contributed by atoms with Crippen molar-refractivity contribution in [2.45, 2.75) is 26.9 Å². The van der Waals surface area contributed by atoms with Gasteiger partial charge in [0.05, 0.1) is 13.2 Å². The fourth-order valence-electron chi connectivity index (χ4n) is 2.99. The number of nitrogens with one attached hydrogen (secondary N) is 1. The number of thiocarbonyl (C=S) groups is 1. The van der Waals surface area contributed by atoms with Crippen molar-refractivity contribution in [1.82, 2.24) is 9.88 Å². The molecular formula is C24H27N3O2S. The molecule has 0 unspecified atom stereocenters. The highest BCUT2D eigenvalue weighted by Gasteiger charge is 2.12. The zero-order chi connectivity index (χ0) is 21.2. The lowest BCUT2D eigenvalue weighted by Gasteiger charge is -2.26. The van der Waals surface area contributed by atoms with E-state index in [0.717, 1.165) is 28.3 Å². The zero-order valence-electron chi connectivity index (χ0n) is 17.4. The van der Waals surface area contributed by atoms with Gasteiger partial charge >= 0.3 is 0 Å². The van der Waals surface area contributed by atoms with E-state index in [0.29, 0.717) is 31.4 Å². The maximum absolute atomic E-state index is 5.75. The van der Waals surface area contributed by atoms with Gasteiger partial charge in [0.25, 0.3) is 0 Å². The summed E-state index contributed by atoms with van der Waals surface area (Å²) < 4.78 is 11.1. The Morgan fingerprint density at radius 1 is 0.867 bits per heavy atom. The summed E-state index contributed by atoms with van der Waals surface area (Å²) in [5.41, 5.74) is 3.17. The SMILES string of the molecule is CCOc1ccc(CN(Cc2cccnc2)C(=S)Nc2ccc(OCC)cc2)cc1. The predicted molar refractivity (Wildman–Crippen MR) is 125 cm³/mol. The lowest BCUT2D eigenvalue weighted by molar-refractivity contribution is 0.339. The Hall–Kier alpha value is -3.12. The van der Waals surface area contributed by atoms with Gasteiger partial charge in [-0.3, -0.25) is 4.98 Å². The van der Waals surface area contributed by atoms with Gasteiger partial charge in [0, 0.05) is 31.2 Å². The van der Waals surface area contributed by atoms with Gasteiger partial charge in [0.1, 0.15) is 11.5 Å². The molecule has 0 atom stereocenters. The standard InChI is InChI=1S/C24H27N3O2S/c1-3-28-22-11-7-19(8-12-22)17-27(18-20-6-5-15-25-16-20)24(30)26-21-9-13-23(14-10-21)29-4-2/h5-16H,3-4,17-18H2,1-2H3,(H,26,30). The number of pyridine rings is 1. The van der Waals surface area contributed by atoms with Crippen LogP contribution in [0.2, 0.25) is 0 Å². The molecule has 6 heteroatoms. The topological polar surface area (TPSA) is 46.6 Å². The summed E-state index contributed by atoms with van der Waals surface area (Å²) in [6, 6.07) is 19.9. The largest absolute Gasteiger partial charge is 0.494 e. The first kappa shape index (κ1) is 21.6. The Morgan fingerprint density at radius 2 is 1.47 bits per heavy atom. The Kier molecular flexibility index (Phi) is 8.03. The predicted octanol–water partition coefficient (Wildman–Crippen LogP) is 5.28. The monoisotopic (exact) mass is 421 g/mol. The van der Waals surface area contributed by atoms with Gasteiger partial charge in [0.2, 0.25) is 0 Å². The van der Waals surface area contributed by atoms with Crippen molar-refractivity contribution in [3.63, 3.8) is 0 Å². The average Bonchev–Trinajstić information content (AvgIpc) is 2.77. The second kappa shape index (κ2) is 11.2. The summed E-state index contributed by atoms with van der Waals surface area (Å²) in [5, 5.41) is 3.99. The number of benzene rings is 2. The minimum atomic E-state index is 0.645. The van der Waals surface area contributed by atoms with Crippen molar-refractivity contribution in [2.75, 3.05) is 18.5 Å². The van der Waals surface area contributed by atoms with Gasteiger partial charge in [-0.05, 0) is 79.7 Å². The molecule has 0 aliphatic heterocycles. The third-order valence-corrected chi connectivity index (χ3v) is 4.77. The van der Waals surface area contributed by atoms with Gasteiger partial charge in [-0.15, -0.1) is 0 Å². The molecule has 0 aliphatic carbocycles. The van der Waals surface area contributed by atoms with Crippen LogP contribution in [0.15, 0.2) is 73.1 Å². The van der Waals surface area contributed by atoms with E-state index in [1.165, 1.54) is 0 Å². The minimum Gasteiger partial charge on any atom is -0.494 e. The van der Waals surface area contributed by atoms with Crippen molar-refractivity contribution in [2.24, 2.45) is 0 Å². The summed E-state index contributed by atoms with van der Waals surface area (Å²) >= 11 is 5.75. The smallest absolute Gasteiger partial charge is 0.174 e. The molecule has 0 saturated heterocycles. The van der Waals surface area contributed by atoms with Crippen LogP contribution in [0.5, 0.6) is 11.5 Å². The van der Waals surface area contributed by atoms with Gasteiger partial charge in [-0.25, -0.2) is 0 Å². The highest BCUT2D eigenvalue weighted by molar-refractivity contribution is 7.80. The summed E-state index contributed by atoms with van der Waals surface area (Å²) in [6.07, 6.45) is 3.64. The van der Waals surface area contributed by atoms with Crippen LogP contribution in [0, 0.1) is 0 Å². The van der Waals surface area contributed by atoms with E-state index in [2.05, 4.69) is 33.4 Å². The Balaban J connectivity index is 1.73. The minimum absolute atomic E-state index is 0.645. The van der Waals surface area contributed by atoms with Crippen molar-refractivity contribution >= 4 is 23.0 Å². The second-order valence-corrected chi connectivity index (χ2v) is 7.07. The van der Waals surface area contributed by atoms with Gasteiger partial charge in [-0.2, -0.15) is 0 Å². The van der Waals surface area contributed by atoms with Crippen LogP contribution in [0.3, 0.4) is 0 Å². The molecule has 3 aromatic rings. The first-order valence-corrected chi connectivity index (χ1v) is 10.5. The van der Waals surface area contributed by atoms with Crippen LogP contribution in [0.25, 0.3) is 0 Å². The first-order chi connectivity index (χ1) is 14.7. The number of ether oxygens (including phenoxy) is 2. The van der Waals surface area contributed by atoms with E-state index in [1.807, 2.05) is 62.5 Å². The number of nitrogens with zero attached hydrogens (tertiary/aromatic N) is 2. The Morgan fingerprint density at radius 3 is 2.03 bits per heavy atom. The molecule has 5 nitrogen and oxygen atoms in total. The lowest BCUT2D eigenvalue weighted by Crippen LogP contribution is -2.33. The molecule has 156 valence electrons. The molecule has 1 heterocycles. The van der Waals surface area contributed by atoms with E-state index in [4.69, 9.17) is 21.7 Å². The molecule has 0 radical (unpaired) electrons. The normalized spacial score (nSPS) is 10.3. The molecule has 0 spiro atoms. The maximum Gasteiger partial charge on any atom is 0.174 e. The third kappa shape index (κ3) is 6.46. The molecule has 0 fully saturated rings. The molecule has 30 heavy (non-hydrogen) atoms. The van der Waals surface area contributed by atoms with Crippen LogP contribution >= 0.6 is 12.2 Å². The van der Waals surface area contributed by atoms with Crippen molar-refractivity contribution in [3.05, 3.63) is 84.2 Å². The maximum atomic E-state index is 5.75. The third-order valence-electron chi connectivity index (χ3n) is 4.41. The summed E-state index contributed by atoms with van der Waals surface area (Å²) in [5.74, 6) is 1.71. The van der Waals surface area contributed by atoms with Gasteiger partial charge in [0.15, 0.2) is 5.11 Å². The van der Waals surface area contributed by atoms with E-state index < -0.39 is 0 Å². The molecule has 0 saturated carbocycles. The number of anilines is 1. The second-order valence-electron chi connectivity index (χ2n) is 6.68. The van der Waals surface area contributed by atoms with Crippen LogP contribution in [-0.4, -0.2) is 28.2 Å². The molecule has 0 bridgehead atoms. The van der Waals surface area contributed by atoms with Crippen LogP contribution in [0.4, 0.5) is 5.69 Å². The summed E-state index contributed by atoms with van der Waals surface area (Å²) in [7, 11) is 0. The van der Waals surface area contributed by atoms with E-state index >= 15 is 0 Å². The average molecular weight is 422 g/mol. The molecule has 3 rings (SSSR count). The molecule has 0 amide bonds. The van der Waals surface area contributed by atoms with Gasteiger partial charge < -0.3 is 19.7 Å². The fraction of sp³-hybridized carbons (Fsp3) is 0.250. The molecule has 2 aromatic carbocycles. The zero-order valence-corrected chi connectivity index (χ0v) is 18.2. The fourth-order valence-corrected chi connectivity index (χ4v) is 3.24. The van der Waals surface area contributed by atoms with E-state index in [9.17, 15) is 0 Å². The highest BCUT2D eigenvalue weighted by Crippen LogP contribution is 2.19. The molecule has 1 N–H and O–H groups in total. The van der Waals surface area contributed by atoms with Crippen LogP contribution < -0.4 is 14.8 Å². The van der Waals surface area contributed by atoms with Crippen molar-refractivity contribution in [3.8, 4) is 11.5 Å². The van der Waals surface area contributed by atoms with Crippen LogP contribution in [-0.2, 0) is 13.1 Å². The quantitative estimate of drug-likeness (QED) is 0.475. The molecular weight excluding hydrogens is 394 g/mol. The number of hydrogen-bond donors (Lipinski definition) is 1. The lowest BCUT2D eigenvalue weighted by atomic mass is 10.2. The Bertz CT molecular complexity index is 915. The molecule has 1 aromatic heterocycles. The number of rotatable bonds is 9. The summed E-state index contributed by atoms with van der Waals surface area (Å²) in [4.78, 5) is 6.35. The first-order valence-electron chi connectivity index (χ1n) is 10.1. The van der Waals surface area contributed by atoms with Crippen molar-refractivity contribution < 1.29 is 9.47 Å². The molecule has 0 aliphatic rings. The summed E-state index contributed by atoms with van der Waals surface area (Å²) in [6.45, 7) is 6.58. The number of aromatic nitrogens is 1. The Labute approximate surface area is 183 Å². The van der Waals surface area contributed by atoms with Crippen LogP contribution in [0.1, 0.15) is 25.0 Å². The van der Waals surface area contributed by atoms with Crippen molar-refractivity contribution in [1.29, 1.82) is 0 Å². The van der Waals surface area contributed by atoms with E-state index in [1.54, 1.807) is 6.20 Å². The highest BCUT2D eigenvalue weighted by atomic mass is 32.1.